The summed E-state index contributed by atoms with van der Waals surface area (Å²) in [6.07, 6.45) is 0. The molecule has 4 heteroatoms. The summed E-state index contributed by atoms with van der Waals surface area (Å²) in [4.78, 5) is 3.61. The molecule has 50 valence electrons. The van der Waals surface area contributed by atoms with E-state index in [-0.39, 0.29) is 5.96 Å². The summed E-state index contributed by atoms with van der Waals surface area (Å²) >= 11 is 0. The van der Waals surface area contributed by atoms with Gasteiger partial charge < -0.3 is 17.2 Å². The number of rotatable bonds is 1. The van der Waals surface area contributed by atoms with E-state index in [9.17, 15) is 0 Å². The molecule has 0 heterocycles. The van der Waals surface area contributed by atoms with E-state index in [4.69, 9.17) is 17.2 Å². The van der Waals surface area contributed by atoms with Gasteiger partial charge in [-0.3, -0.25) is 0 Å². The maximum absolute atomic E-state index is 5.06. The van der Waals surface area contributed by atoms with Crippen LogP contribution in [0, 0.1) is 11.8 Å². The third kappa shape index (κ3) is 6.79. The predicted octanol–water partition coefficient (Wildman–Crippen LogP) is -1.78. The molecule has 0 aliphatic rings. The van der Waals surface area contributed by atoms with Crippen LogP contribution in [0.4, 0.5) is 0 Å². The minimum atomic E-state index is 0.0568. The first kappa shape index (κ1) is 7.79. The van der Waals surface area contributed by atoms with Crippen molar-refractivity contribution in [3.05, 3.63) is 0 Å². The van der Waals surface area contributed by atoms with Crippen molar-refractivity contribution in [1.82, 2.24) is 0 Å². The zero-order valence-corrected chi connectivity index (χ0v) is 5.09. The molecule has 0 aromatic carbocycles. The summed E-state index contributed by atoms with van der Waals surface area (Å²) in [6.45, 7) is 0.680. The Morgan fingerprint density at radius 2 is 2.00 bits per heavy atom. The molecule has 9 heavy (non-hydrogen) atoms. The molecule has 6 N–H and O–H groups in total. The molecule has 0 bridgehead atoms. The quantitative estimate of drug-likeness (QED) is 0.220. The fraction of sp³-hybridized carbons (Fsp3) is 0.400. The van der Waals surface area contributed by atoms with Crippen LogP contribution in [0.3, 0.4) is 0 Å². The van der Waals surface area contributed by atoms with Crippen molar-refractivity contribution in [2.75, 3.05) is 13.1 Å². The first-order valence-electron chi connectivity index (χ1n) is 2.48. The van der Waals surface area contributed by atoms with Gasteiger partial charge in [-0.2, -0.15) is 0 Å². The van der Waals surface area contributed by atoms with Crippen molar-refractivity contribution in [3.8, 4) is 11.8 Å². The van der Waals surface area contributed by atoms with Crippen molar-refractivity contribution in [2.24, 2.45) is 22.2 Å². The second kappa shape index (κ2) is 4.94. The number of nitrogens with two attached hydrogens (primary N) is 3. The first-order chi connectivity index (χ1) is 4.27. The normalized spacial score (nSPS) is 7.22. The minimum Gasteiger partial charge on any atom is -0.370 e. The van der Waals surface area contributed by atoms with Crippen LogP contribution in [0.15, 0.2) is 4.99 Å². The van der Waals surface area contributed by atoms with Crippen LogP contribution < -0.4 is 17.2 Å². The number of guanidine groups is 1. The molecule has 0 aromatic heterocycles. The van der Waals surface area contributed by atoms with Crippen LogP contribution in [0.5, 0.6) is 0 Å². The summed E-state index contributed by atoms with van der Waals surface area (Å²) in [7, 11) is 0. The second-order valence-electron chi connectivity index (χ2n) is 1.30. The number of aliphatic imine (C=N–C) groups is 1. The lowest BCUT2D eigenvalue weighted by molar-refractivity contribution is 1.23. The number of hydrogen-bond acceptors (Lipinski definition) is 2. The molecule has 0 saturated heterocycles. The predicted molar refractivity (Wildman–Crippen MR) is 37.5 cm³/mol. The van der Waals surface area contributed by atoms with Crippen LogP contribution in [0.1, 0.15) is 0 Å². The van der Waals surface area contributed by atoms with Gasteiger partial charge >= 0.3 is 0 Å². The van der Waals surface area contributed by atoms with Gasteiger partial charge in [0.1, 0.15) is 6.54 Å². The standard InChI is InChI=1S/C5H10N4/c6-3-1-2-4-9-5(7)8/h3-4,6H2,(H4,7,8,9). The second-order valence-corrected chi connectivity index (χ2v) is 1.30. The van der Waals surface area contributed by atoms with Gasteiger partial charge in [-0.15, -0.1) is 0 Å². The van der Waals surface area contributed by atoms with Crippen LogP contribution in [0.25, 0.3) is 0 Å². The van der Waals surface area contributed by atoms with E-state index in [0.29, 0.717) is 13.1 Å². The Kier molecular flexibility index (Phi) is 4.27. The maximum Gasteiger partial charge on any atom is 0.186 e. The summed E-state index contributed by atoms with van der Waals surface area (Å²) in [5.74, 6) is 5.31. The lowest BCUT2D eigenvalue weighted by Gasteiger charge is -1.83. The maximum atomic E-state index is 5.06. The number of nitrogens with zero attached hydrogens (tertiary/aromatic N) is 1. The highest BCUT2D eigenvalue weighted by atomic mass is 15.0. The molecule has 0 unspecified atom stereocenters. The lowest BCUT2D eigenvalue weighted by atomic mass is 10.6. The highest BCUT2D eigenvalue weighted by Crippen LogP contribution is 1.62. The van der Waals surface area contributed by atoms with Gasteiger partial charge in [0, 0.05) is 0 Å². The fourth-order valence-electron chi connectivity index (χ4n) is 0.259. The van der Waals surface area contributed by atoms with E-state index in [1.165, 1.54) is 0 Å². The van der Waals surface area contributed by atoms with Gasteiger partial charge in [0.15, 0.2) is 5.96 Å². The van der Waals surface area contributed by atoms with Gasteiger partial charge in [-0.25, -0.2) is 4.99 Å². The highest BCUT2D eigenvalue weighted by Gasteiger charge is 1.72. The Bertz CT molecular complexity index is 146. The van der Waals surface area contributed by atoms with E-state index in [2.05, 4.69) is 16.8 Å². The molecule has 0 aliphatic heterocycles. The van der Waals surface area contributed by atoms with Gasteiger partial charge in [0.25, 0.3) is 0 Å². The molecule has 0 aliphatic carbocycles. The average molecular weight is 126 g/mol. The zero-order chi connectivity index (χ0) is 7.11. The molecule has 0 amide bonds. The van der Waals surface area contributed by atoms with E-state index >= 15 is 0 Å². The Labute approximate surface area is 54.1 Å². The van der Waals surface area contributed by atoms with E-state index in [1.807, 2.05) is 0 Å². The fourth-order valence-corrected chi connectivity index (χ4v) is 0.259. The molecule has 0 spiro atoms. The molecular formula is C5H10N4. The van der Waals surface area contributed by atoms with Gasteiger partial charge in [0.05, 0.1) is 6.54 Å². The van der Waals surface area contributed by atoms with Crippen LogP contribution >= 0.6 is 0 Å². The highest BCUT2D eigenvalue weighted by molar-refractivity contribution is 5.75. The van der Waals surface area contributed by atoms with E-state index in [0.717, 1.165) is 0 Å². The molecule has 0 aromatic rings. The Morgan fingerprint density at radius 1 is 1.33 bits per heavy atom. The summed E-state index contributed by atoms with van der Waals surface area (Å²) in [6, 6.07) is 0. The monoisotopic (exact) mass is 126 g/mol. The smallest absolute Gasteiger partial charge is 0.186 e. The Morgan fingerprint density at radius 3 is 2.44 bits per heavy atom. The van der Waals surface area contributed by atoms with Crippen molar-refractivity contribution in [2.45, 2.75) is 0 Å². The van der Waals surface area contributed by atoms with E-state index in [1.54, 1.807) is 0 Å². The van der Waals surface area contributed by atoms with Crippen molar-refractivity contribution >= 4 is 5.96 Å². The lowest BCUT2D eigenvalue weighted by Crippen LogP contribution is -2.22. The van der Waals surface area contributed by atoms with Crippen LogP contribution in [-0.2, 0) is 0 Å². The SMILES string of the molecule is NCC#CCN=C(N)N. The largest absolute Gasteiger partial charge is 0.370 e. The minimum absolute atomic E-state index is 0.0568. The van der Waals surface area contributed by atoms with Crippen molar-refractivity contribution < 1.29 is 0 Å². The summed E-state index contributed by atoms with van der Waals surface area (Å²) in [5.41, 5.74) is 15.1. The molecular weight excluding hydrogens is 116 g/mol. The van der Waals surface area contributed by atoms with Crippen LogP contribution in [0.2, 0.25) is 0 Å². The summed E-state index contributed by atoms with van der Waals surface area (Å²) in [5, 5.41) is 0. The molecule has 4 nitrogen and oxygen atoms in total. The topological polar surface area (TPSA) is 90.4 Å². The van der Waals surface area contributed by atoms with Gasteiger partial charge in [-0.05, 0) is 0 Å². The zero-order valence-electron chi connectivity index (χ0n) is 5.09. The van der Waals surface area contributed by atoms with E-state index < -0.39 is 0 Å². The molecule has 0 rings (SSSR count). The Hall–Kier alpha value is -1.21. The van der Waals surface area contributed by atoms with Crippen molar-refractivity contribution in [1.29, 1.82) is 0 Å². The van der Waals surface area contributed by atoms with Crippen molar-refractivity contribution in [3.63, 3.8) is 0 Å². The van der Waals surface area contributed by atoms with Crippen LogP contribution in [-0.4, -0.2) is 19.0 Å². The molecule has 0 radical (unpaired) electrons. The third-order valence-electron chi connectivity index (χ3n) is 0.568. The molecule has 0 saturated carbocycles. The summed E-state index contributed by atoms with van der Waals surface area (Å²) < 4.78 is 0. The molecule has 0 fully saturated rings. The number of hydrogen-bond donors (Lipinski definition) is 3. The van der Waals surface area contributed by atoms with Gasteiger partial charge in [-0.1, -0.05) is 11.8 Å². The van der Waals surface area contributed by atoms with Gasteiger partial charge in [0.2, 0.25) is 0 Å². The third-order valence-corrected chi connectivity index (χ3v) is 0.568. The molecule has 0 atom stereocenters. The average Bonchev–Trinajstić information content (AvgIpc) is 1.80. The Balaban J connectivity index is 3.40. The first-order valence-corrected chi connectivity index (χ1v) is 2.48.